The Morgan fingerprint density at radius 1 is 1.17 bits per heavy atom. The molecule has 0 bridgehead atoms. The van der Waals surface area contributed by atoms with E-state index in [0.29, 0.717) is 24.9 Å². The van der Waals surface area contributed by atoms with Crippen molar-refractivity contribution in [2.24, 2.45) is 5.92 Å². The zero-order chi connectivity index (χ0) is 15.8. The van der Waals surface area contributed by atoms with Crippen molar-refractivity contribution in [1.82, 2.24) is 14.8 Å². The molecule has 2 saturated heterocycles. The topological polar surface area (TPSA) is 53.5 Å². The lowest BCUT2D eigenvalue weighted by molar-refractivity contribution is -0.140. The Kier molecular flexibility index (Phi) is 3.79. The lowest BCUT2D eigenvalue weighted by Crippen LogP contribution is -2.51. The van der Waals surface area contributed by atoms with Crippen molar-refractivity contribution in [3.05, 3.63) is 30.1 Å². The van der Waals surface area contributed by atoms with E-state index in [1.165, 1.54) is 18.4 Å². The third kappa shape index (κ3) is 2.73. The summed E-state index contributed by atoms with van der Waals surface area (Å²) in [5.74, 6) is 0.618. The highest BCUT2D eigenvalue weighted by atomic mass is 16.2. The first-order chi connectivity index (χ1) is 11.2. The normalized spacial score (nSPS) is 25.9. The van der Waals surface area contributed by atoms with E-state index in [-0.39, 0.29) is 17.7 Å². The molecule has 5 heteroatoms. The molecule has 1 aliphatic carbocycles. The number of nitrogens with zero attached hydrogens (tertiary/aromatic N) is 3. The maximum atomic E-state index is 12.6. The molecule has 122 valence electrons. The number of hydrogen-bond donors (Lipinski definition) is 0. The summed E-state index contributed by atoms with van der Waals surface area (Å²) in [5.41, 5.74) is 1.20. The maximum Gasteiger partial charge on any atom is 0.228 e. The van der Waals surface area contributed by atoms with Crippen LogP contribution in [0.2, 0.25) is 0 Å². The van der Waals surface area contributed by atoms with Crippen LogP contribution in [0.3, 0.4) is 0 Å². The highest BCUT2D eigenvalue weighted by molar-refractivity contribution is 5.90. The zero-order valence-corrected chi connectivity index (χ0v) is 13.4. The molecule has 3 heterocycles. The van der Waals surface area contributed by atoms with Crippen LogP contribution in [0.4, 0.5) is 0 Å². The average molecular weight is 313 g/mol. The third-order valence-corrected chi connectivity index (χ3v) is 5.62. The molecule has 1 aromatic rings. The standard InChI is InChI=1S/C18H23N3O2/c22-17-8-14(12-21(17)16-5-1-2-6-16)18(23)20-10-15(11-20)13-4-3-7-19-9-13/h3-4,7,9,14-16H,1-2,5-6,8,10-12H2/t14-/m0/s1. The van der Waals surface area contributed by atoms with Crippen LogP contribution in [0.25, 0.3) is 0 Å². The van der Waals surface area contributed by atoms with Gasteiger partial charge in [-0.25, -0.2) is 0 Å². The van der Waals surface area contributed by atoms with Crippen molar-refractivity contribution < 1.29 is 9.59 Å². The number of amides is 2. The first-order valence-corrected chi connectivity index (χ1v) is 8.70. The molecule has 0 unspecified atom stereocenters. The van der Waals surface area contributed by atoms with Crippen LogP contribution in [0.1, 0.15) is 43.6 Å². The number of pyridine rings is 1. The van der Waals surface area contributed by atoms with Crippen molar-refractivity contribution in [2.45, 2.75) is 44.1 Å². The van der Waals surface area contributed by atoms with Crippen LogP contribution in [0, 0.1) is 5.92 Å². The van der Waals surface area contributed by atoms with Gasteiger partial charge in [0.15, 0.2) is 0 Å². The number of hydrogen-bond acceptors (Lipinski definition) is 3. The van der Waals surface area contributed by atoms with E-state index in [1.807, 2.05) is 22.1 Å². The van der Waals surface area contributed by atoms with Gasteiger partial charge in [0.2, 0.25) is 11.8 Å². The fourth-order valence-electron chi connectivity index (χ4n) is 4.21. The molecule has 0 aromatic carbocycles. The first kappa shape index (κ1) is 14.7. The average Bonchev–Trinajstić information content (AvgIpc) is 3.16. The summed E-state index contributed by atoms with van der Waals surface area (Å²) in [6, 6.07) is 4.40. The van der Waals surface area contributed by atoms with Crippen LogP contribution in [-0.4, -0.2) is 52.3 Å². The number of likely N-dealkylation sites (tertiary alicyclic amines) is 2. The fourth-order valence-corrected chi connectivity index (χ4v) is 4.21. The van der Waals surface area contributed by atoms with Gasteiger partial charge in [-0.05, 0) is 24.5 Å². The molecule has 2 aliphatic heterocycles. The fraction of sp³-hybridized carbons (Fsp3) is 0.611. The number of aromatic nitrogens is 1. The summed E-state index contributed by atoms with van der Waals surface area (Å²) in [6.45, 7) is 2.16. The van der Waals surface area contributed by atoms with E-state index >= 15 is 0 Å². The Hall–Kier alpha value is -1.91. The van der Waals surface area contributed by atoms with Gasteiger partial charge in [0.1, 0.15) is 0 Å². The van der Waals surface area contributed by atoms with Crippen molar-refractivity contribution in [3.8, 4) is 0 Å². The highest BCUT2D eigenvalue weighted by Crippen LogP contribution is 2.33. The van der Waals surface area contributed by atoms with E-state index < -0.39 is 0 Å². The summed E-state index contributed by atoms with van der Waals surface area (Å²) in [6.07, 6.45) is 8.71. The van der Waals surface area contributed by atoms with Crippen LogP contribution in [0.5, 0.6) is 0 Å². The number of carbonyl (C=O) groups is 2. The molecule has 5 nitrogen and oxygen atoms in total. The Morgan fingerprint density at radius 2 is 1.96 bits per heavy atom. The van der Waals surface area contributed by atoms with Crippen molar-refractivity contribution >= 4 is 11.8 Å². The minimum atomic E-state index is -0.127. The maximum absolute atomic E-state index is 12.6. The first-order valence-electron chi connectivity index (χ1n) is 8.70. The monoisotopic (exact) mass is 313 g/mol. The minimum absolute atomic E-state index is 0.127. The number of rotatable bonds is 3. The van der Waals surface area contributed by atoms with E-state index in [9.17, 15) is 9.59 Å². The quantitative estimate of drug-likeness (QED) is 0.855. The molecule has 1 atom stereocenters. The van der Waals surface area contributed by atoms with Gasteiger partial charge < -0.3 is 9.80 Å². The molecule has 2 amide bonds. The van der Waals surface area contributed by atoms with Gasteiger partial charge in [-0.1, -0.05) is 18.9 Å². The van der Waals surface area contributed by atoms with Crippen LogP contribution < -0.4 is 0 Å². The molecule has 23 heavy (non-hydrogen) atoms. The Labute approximate surface area is 136 Å². The lowest BCUT2D eigenvalue weighted by Gasteiger charge is -2.40. The van der Waals surface area contributed by atoms with E-state index in [1.54, 1.807) is 6.20 Å². The molecule has 1 saturated carbocycles. The summed E-state index contributed by atoms with van der Waals surface area (Å²) in [7, 11) is 0. The van der Waals surface area contributed by atoms with E-state index in [4.69, 9.17) is 0 Å². The Balaban J connectivity index is 1.33. The molecule has 1 aromatic heterocycles. The van der Waals surface area contributed by atoms with Crippen LogP contribution in [0.15, 0.2) is 24.5 Å². The molecular weight excluding hydrogens is 290 g/mol. The largest absolute Gasteiger partial charge is 0.341 e. The molecule has 4 rings (SSSR count). The Bertz CT molecular complexity index is 592. The van der Waals surface area contributed by atoms with Crippen LogP contribution in [-0.2, 0) is 9.59 Å². The van der Waals surface area contributed by atoms with E-state index in [2.05, 4.69) is 11.1 Å². The summed E-state index contributed by atoms with van der Waals surface area (Å²) >= 11 is 0. The van der Waals surface area contributed by atoms with Crippen molar-refractivity contribution in [2.75, 3.05) is 19.6 Å². The highest BCUT2D eigenvalue weighted by Gasteiger charge is 2.42. The van der Waals surface area contributed by atoms with E-state index in [0.717, 1.165) is 25.9 Å². The van der Waals surface area contributed by atoms with Gasteiger partial charge in [-0.2, -0.15) is 0 Å². The van der Waals surface area contributed by atoms with Gasteiger partial charge in [-0.15, -0.1) is 0 Å². The SMILES string of the molecule is O=C([C@H]1CC(=O)N(C2CCCC2)C1)N1CC(c2cccnc2)C1. The molecular formula is C18H23N3O2. The Morgan fingerprint density at radius 3 is 2.65 bits per heavy atom. The number of carbonyl (C=O) groups excluding carboxylic acids is 2. The summed E-state index contributed by atoms with van der Waals surface area (Å²) in [4.78, 5) is 32.9. The predicted molar refractivity (Wildman–Crippen MR) is 85.6 cm³/mol. The van der Waals surface area contributed by atoms with Gasteiger partial charge in [0, 0.05) is 50.4 Å². The van der Waals surface area contributed by atoms with Gasteiger partial charge >= 0.3 is 0 Å². The molecule has 0 radical (unpaired) electrons. The molecule has 0 N–H and O–H groups in total. The van der Waals surface area contributed by atoms with Crippen molar-refractivity contribution in [1.29, 1.82) is 0 Å². The molecule has 0 spiro atoms. The second-order valence-corrected chi connectivity index (χ2v) is 7.11. The van der Waals surface area contributed by atoms with Gasteiger partial charge in [0.05, 0.1) is 5.92 Å². The van der Waals surface area contributed by atoms with Crippen molar-refractivity contribution in [3.63, 3.8) is 0 Å². The van der Waals surface area contributed by atoms with Gasteiger partial charge in [0.25, 0.3) is 0 Å². The lowest BCUT2D eigenvalue weighted by atomic mass is 9.91. The summed E-state index contributed by atoms with van der Waals surface area (Å²) in [5, 5.41) is 0. The van der Waals surface area contributed by atoms with Crippen LogP contribution >= 0.6 is 0 Å². The minimum Gasteiger partial charge on any atom is -0.341 e. The molecule has 3 fully saturated rings. The van der Waals surface area contributed by atoms with Gasteiger partial charge in [-0.3, -0.25) is 14.6 Å². The second kappa shape index (κ2) is 5.95. The predicted octanol–water partition coefficient (Wildman–Crippen LogP) is 1.80. The second-order valence-electron chi connectivity index (χ2n) is 7.11. The smallest absolute Gasteiger partial charge is 0.228 e. The molecule has 3 aliphatic rings. The zero-order valence-electron chi connectivity index (χ0n) is 13.4. The summed E-state index contributed by atoms with van der Waals surface area (Å²) < 4.78 is 0. The third-order valence-electron chi connectivity index (χ3n) is 5.62.